The molecule has 0 bridgehead atoms. The minimum Gasteiger partial charge on any atom is -0.351 e. The lowest BCUT2D eigenvalue weighted by Crippen LogP contribution is -2.24. The molecule has 10 nitrogen and oxygen atoms in total. The molecule has 1 aliphatic rings. The molecule has 0 aliphatic carbocycles. The first kappa shape index (κ1) is 23.0. The van der Waals surface area contributed by atoms with Crippen LogP contribution in [0, 0.1) is 5.82 Å². The van der Waals surface area contributed by atoms with Crippen LogP contribution in [0.25, 0.3) is 11.4 Å². The number of hydrogen-bond donors (Lipinski definition) is 1. The number of aryl methyl sites for hydroxylation is 1. The molecule has 0 atom stereocenters. The number of benzene rings is 1. The van der Waals surface area contributed by atoms with Crippen LogP contribution in [0.5, 0.6) is 0 Å². The molecule has 1 aromatic carbocycles. The van der Waals surface area contributed by atoms with Crippen molar-refractivity contribution in [2.24, 2.45) is 0 Å². The minimum atomic E-state index is -0.476. The number of ether oxygens (including phenoxy) is 2. The van der Waals surface area contributed by atoms with Crippen LogP contribution in [0.2, 0.25) is 0 Å². The highest BCUT2D eigenvalue weighted by Crippen LogP contribution is 2.27. The summed E-state index contributed by atoms with van der Waals surface area (Å²) in [7, 11) is 0. The molecule has 3 aromatic rings. The monoisotopic (exact) mass is 457 g/mol. The molecule has 4 rings (SSSR count). The third-order valence-corrected chi connectivity index (χ3v) is 5.39. The van der Waals surface area contributed by atoms with Crippen molar-refractivity contribution in [2.75, 3.05) is 18.5 Å². The van der Waals surface area contributed by atoms with Crippen LogP contribution in [-0.2, 0) is 29.0 Å². The van der Waals surface area contributed by atoms with E-state index in [1.54, 1.807) is 6.07 Å². The maximum atomic E-state index is 14.7. The topological polar surface area (TPSA) is 109 Å². The molecule has 1 aliphatic heterocycles. The third kappa shape index (κ3) is 5.42. The Morgan fingerprint density at radius 3 is 2.76 bits per heavy atom. The smallest absolute Gasteiger partial charge is 0.277 e. The number of anilines is 1. The van der Waals surface area contributed by atoms with Crippen molar-refractivity contribution in [2.45, 2.75) is 58.9 Å². The Morgan fingerprint density at radius 1 is 1.15 bits per heavy atom. The van der Waals surface area contributed by atoms with E-state index in [9.17, 15) is 9.18 Å². The Hall–Kier alpha value is -3.18. The molecule has 1 amide bonds. The Bertz CT molecular complexity index is 1090. The van der Waals surface area contributed by atoms with Crippen molar-refractivity contribution in [3.63, 3.8) is 0 Å². The van der Waals surface area contributed by atoms with E-state index >= 15 is 0 Å². The molecule has 11 heteroatoms. The summed E-state index contributed by atoms with van der Waals surface area (Å²) in [4.78, 5) is 12.7. The quantitative estimate of drug-likeness (QED) is 0.492. The van der Waals surface area contributed by atoms with Crippen molar-refractivity contribution < 1.29 is 18.7 Å². The van der Waals surface area contributed by atoms with Gasteiger partial charge in [-0.3, -0.25) is 4.79 Å². The van der Waals surface area contributed by atoms with Gasteiger partial charge in [-0.25, -0.2) is 9.07 Å². The molecule has 0 saturated heterocycles. The maximum Gasteiger partial charge on any atom is 0.277 e. The van der Waals surface area contributed by atoms with Crippen molar-refractivity contribution in [1.29, 1.82) is 0 Å². The predicted molar refractivity (Wildman–Crippen MR) is 118 cm³/mol. The number of carbonyl (C=O) groups excluding carboxylic acids is 1. The van der Waals surface area contributed by atoms with Crippen LogP contribution in [-0.4, -0.2) is 55.2 Å². The molecule has 0 saturated carbocycles. The largest absolute Gasteiger partial charge is 0.351 e. The Kier molecular flexibility index (Phi) is 7.40. The molecule has 3 heterocycles. The molecule has 0 radical (unpaired) electrons. The highest BCUT2D eigenvalue weighted by atomic mass is 19.1. The fourth-order valence-corrected chi connectivity index (χ4v) is 3.82. The number of halogens is 1. The van der Waals surface area contributed by atoms with Gasteiger partial charge in [0.05, 0.1) is 18.3 Å². The number of fused-ring (bicyclic) bond motifs is 1. The fourth-order valence-electron chi connectivity index (χ4n) is 3.82. The van der Waals surface area contributed by atoms with E-state index in [0.29, 0.717) is 36.8 Å². The molecule has 0 unspecified atom stereocenters. The zero-order chi connectivity index (χ0) is 23.2. The van der Waals surface area contributed by atoms with Gasteiger partial charge in [0.1, 0.15) is 11.6 Å². The second-order valence-corrected chi connectivity index (χ2v) is 7.72. The van der Waals surface area contributed by atoms with E-state index in [2.05, 4.69) is 25.8 Å². The number of carbonyl (C=O) groups is 1. The van der Waals surface area contributed by atoms with Gasteiger partial charge in [0, 0.05) is 31.9 Å². The molecule has 0 spiro atoms. The number of aromatic nitrogens is 6. The van der Waals surface area contributed by atoms with E-state index in [4.69, 9.17) is 9.47 Å². The van der Waals surface area contributed by atoms with E-state index in [1.807, 2.05) is 18.4 Å². The average Bonchev–Trinajstić information content (AvgIpc) is 3.36. The maximum absolute atomic E-state index is 14.7. The summed E-state index contributed by atoms with van der Waals surface area (Å²) < 4.78 is 29.1. The summed E-state index contributed by atoms with van der Waals surface area (Å²) in [5.74, 6) is 0.467. The number of rotatable bonds is 9. The SMILES string of the molecule is CCOC(Cn1cc(C(=O)Nc2ccc(F)c(-c3nnc4n3CCCCC4)c2)nn1)OCC. The second-order valence-electron chi connectivity index (χ2n) is 7.72. The zero-order valence-corrected chi connectivity index (χ0v) is 18.8. The Morgan fingerprint density at radius 2 is 1.97 bits per heavy atom. The van der Waals surface area contributed by atoms with E-state index < -0.39 is 18.0 Å². The van der Waals surface area contributed by atoms with Gasteiger partial charge in [-0.1, -0.05) is 11.6 Å². The normalized spacial score (nSPS) is 13.7. The summed E-state index contributed by atoms with van der Waals surface area (Å²) in [6, 6.07) is 4.38. The van der Waals surface area contributed by atoms with Crippen LogP contribution >= 0.6 is 0 Å². The molecule has 2 aromatic heterocycles. The molecule has 33 heavy (non-hydrogen) atoms. The average molecular weight is 458 g/mol. The lowest BCUT2D eigenvalue weighted by atomic mass is 10.1. The number of nitrogens with one attached hydrogen (secondary N) is 1. The molecular weight excluding hydrogens is 429 g/mol. The van der Waals surface area contributed by atoms with E-state index in [1.165, 1.54) is 23.0 Å². The van der Waals surface area contributed by atoms with Crippen molar-refractivity contribution in [3.05, 3.63) is 41.7 Å². The number of amides is 1. The zero-order valence-electron chi connectivity index (χ0n) is 18.8. The van der Waals surface area contributed by atoms with Crippen molar-refractivity contribution >= 4 is 11.6 Å². The molecule has 0 fully saturated rings. The van der Waals surface area contributed by atoms with Crippen LogP contribution in [0.4, 0.5) is 10.1 Å². The van der Waals surface area contributed by atoms with Crippen LogP contribution in [0.3, 0.4) is 0 Å². The van der Waals surface area contributed by atoms with Crippen LogP contribution in [0.1, 0.15) is 49.4 Å². The van der Waals surface area contributed by atoms with Gasteiger partial charge in [0.2, 0.25) is 0 Å². The minimum absolute atomic E-state index is 0.129. The summed E-state index contributed by atoms with van der Waals surface area (Å²) in [6.45, 7) is 5.80. The van der Waals surface area contributed by atoms with E-state index in [-0.39, 0.29) is 5.69 Å². The van der Waals surface area contributed by atoms with Gasteiger partial charge in [-0.2, -0.15) is 0 Å². The Balaban J connectivity index is 1.49. The van der Waals surface area contributed by atoms with Crippen molar-refractivity contribution in [1.82, 2.24) is 29.8 Å². The highest BCUT2D eigenvalue weighted by molar-refractivity contribution is 6.02. The second kappa shape index (κ2) is 10.6. The van der Waals surface area contributed by atoms with Gasteiger partial charge in [-0.15, -0.1) is 15.3 Å². The van der Waals surface area contributed by atoms with Gasteiger partial charge in [0.15, 0.2) is 17.8 Å². The van der Waals surface area contributed by atoms with Crippen LogP contribution in [0.15, 0.2) is 24.4 Å². The molecular formula is C22H28FN7O3. The highest BCUT2D eigenvalue weighted by Gasteiger charge is 2.20. The fraction of sp³-hybridized carbons (Fsp3) is 0.500. The van der Waals surface area contributed by atoms with E-state index in [0.717, 1.165) is 38.1 Å². The first-order valence-corrected chi connectivity index (χ1v) is 11.3. The van der Waals surface area contributed by atoms with Gasteiger partial charge in [-0.05, 0) is 44.9 Å². The predicted octanol–water partition coefficient (Wildman–Crippen LogP) is 3.05. The standard InChI is InChI=1S/C22H28FN7O3/c1-3-32-20(33-4-2)14-29-13-18(25-28-29)22(31)24-15-9-10-17(23)16(12-15)21-27-26-19-8-6-5-7-11-30(19)21/h9-10,12-13,20H,3-8,11,14H2,1-2H3,(H,24,31). The van der Waals surface area contributed by atoms with Gasteiger partial charge < -0.3 is 19.4 Å². The summed E-state index contributed by atoms with van der Waals surface area (Å²) in [6.07, 6.45) is 5.03. The summed E-state index contributed by atoms with van der Waals surface area (Å²) in [5.41, 5.74) is 0.857. The van der Waals surface area contributed by atoms with Crippen LogP contribution < -0.4 is 5.32 Å². The Labute approximate surface area is 191 Å². The third-order valence-electron chi connectivity index (χ3n) is 5.39. The lowest BCUT2D eigenvalue weighted by molar-refractivity contribution is -0.145. The first-order chi connectivity index (χ1) is 16.1. The molecule has 176 valence electrons. The number of hydrogen-bond acceptors (Lipinski definition) is 7. The molecule has 1 N–H and O–H groups in total. The summed E-state index contributed by atoms with van der Waals surface area (Å²) >= 11 is 0. The summed E-state index contributed by atoms with van der Waals surface area (Å²) in [5, 5.41) is 19.1. The number of nitrogens with zero attached hydrogens (tertiary/aromatic N) is 6. The van der Waals surface area contributed by atoms with Gasteiger partial charge >= 0.3 is 0 Å². The lowest BCUT2D eigenvalue weighted by Gasteiger charge is -2.16. The van der Waals surface area contributed by atoms with Gasteiger partial charge in [0.25, 0.3) is 5.91 Å². The van der Waals surface area contributed by atoms with Crippen molar-refractivity contribution in [3.8, 4) is 11.4 Å². The first-order valence-electron chi connectivity index (χ1n) is 11.3.